The lowest BCUT2D eigenvalue weighted by Gasteiger charge is -2.44. The van der Waals surface area contributed by atoms with Crippen LogP contribution in [0.15, 0.2) is 16.8 Å². The van der Waals surface area contributed by atoms with Crippen LogP contribution in [-0.2, 0) is 4.79 Å². The van der Waals surface area contributed by atoms with E-state index in [0.717, 1.165) is 13.0 Å². The quantitative estimate of drug-likeness (QED) is 0.906. The Kier molecular flexibility index (Phi) is 4.11. The zero-order valence-electron chi connectivity index (χ0n) is 12.1. The molecule has 1 saturated carbocycles. The minimum Gasteiger partial charge on any atom is -0.320 e. The molecule has 1 aromatic rings. The summed E-state index contributed by atoms with van der Waals surface area (Å²) < 4.78 is 0.300. The summed E-state index contributed by atoms with van der Waals surface area (Å²) in [6, 6.07) is 2.12. The molecular formula is C15H22N2OS2. The van der Waals surface area contributed by atoms with Gasteiger partial charge >= 0.3 is 0 Å². The summed E-state index contributed by atoms with van der Waals surface area (Å²) >= 11 is 3.64. The molecule has 0 aromatic carbocycles. The molecule has 2 unspecified atom stereocenters. The third-order valence-corrected chi connectivity index (χ3v) is 6.78. The van der Waals surface area contributed by atoms with E-state index in [9.17, 15) is 4.79 Å². The summed E-state index contributed by atoms with van der Waals surface area (Å²) in [5.41, 5.74) is 1.23. The molecule has 2 fully saturated rings. The van der Waals surface area contributed by atoms with Crippen molar-refractivity contribution >= 4 is 29.0 Å². The topological polar surface area (TPSA) is 32.3 Å². The molecule has 3 rings (SSSR count). The Balaban J connectivity index is 1.82. The van der Waals surface area contributed by atoms with Crippen molar-refractivity contribution in [3.05, 3.63) is 22.4 Å². The number of hydrogen-bond donors (Lipinski definition) is 1. The molecule has 1 aliphatic heterocycles. The maximum absolute atomic E-state index is 12.6. The van der Waals surface area contributed by atoms with Gasteiger partial charge in [0.25, 0.3) is 0 Å². The van der Waals surface area contributed by atoms with E-state index in [0.29, 0.717) is 4.75 Å². The van der Waals surface area contributed by atoms with Gasteiger partial charge in [-0.25, -0.2) is 0 Å². The van der Waals surface area contributed by atoms with Crippen LogP contribution in [0.3, 0.4) is 0 Å². The van der Waals surface area contributed by atoms with Gasteiger partial charge in [0.1, 0.15) is 6.17 Å². The van der Waals surface area contributed by atoms with Gasteiger partial charge in [-0.1, -0.05) is 13.3 Å². The average Bonchev–Trinajstić information content (AvgIpc) is 3.02. The SMILES string of the molecule is CCC1NC(c2ccsc2)N(CC2(SC)CCC2)C1=O. The smallest absolute Gasteiger partial charge is 0.241 e. The molecule has 1 amide bonds. The van der Waals surface area contributed by atoms with Crippen LogP contribution in [0.4, 0.5) is 0 Å². The Bertz CT molecular complexity index is 465. The van der Waals surface area contributed by atoms with Crippen LogP contribution in [0.5, 0.6) is 0 Å². The molecule has 3 nitrogen and oxygen atoms in total. The monoisotopic (exact) mass is 310 g/mol. The van der Waals surface area contributed by atoms with E-state index in [-0.39, 0.29) is 18.1 Å². The van der Waals surface area contributed by atoms with E-state index in [2.05, 4.69) is 40.2 Å². The molecule has 0 spiro atoms. The average molecular weight is 310 g/mol. The van der Waals surface area contributed by atoms with Gasteiger partial charge in [0.05, 0.1) is 6.04 Å². The van der Waals surface area contributed by atoms with E-state index in [1.54, 1.807) is 11.3 Å². The number of thiophene rings is 1. The van der Waals surface area contributed by atoms with E-state index < -0.39 is 0 Å². The summed E-state index contributed by atoms with van der Waals surface area (Å²) in [4.78, 5) is 14.7. The molecule has 2 heterocycles. The number of hydrogen-bond acceptors (Lipinski definition) is 4. The molecule has 2 atom stereocenters. The van der Waals surface area contributed by atoms with Gasteiger partial charge in [0.15, 0.2) is 0 Å². The Morgan fingerprint density at radius 2 is 2.35 bits per heavy atom. The number of thioether (sulfide) groups is 1. The van der Waals surface area contributed by atoms with Gasteiger partial charge in [-0.3, -0.25) is 10.1 Å². The predicted octanol–water partition coefficient (Wildman–Crippen LogP) is 3.24. The fourth-order valence-corrected chi connectivity index (χ4v) is 4.80. The normalized spacial score (nSPS) is 28.7. The minimum absolute atomic E-state index is 0.0149. The predicted molar refractivity (Wildman–Crippen MR) is 86.1 cm³/mol. The lowest BCUT2D eigenvalue weighted by Crippen LogP contribution is -2.47. The lowest BCUT2D eigenvalue weighted by molar-refractivity contribution is -0.130. The van der Waals surface area contributed by atoms with Crippen LogP contribution in [0, 0.1) is 0 Å². The summed E-state index contributed by atoms with van der Waals surface area (Å²) in [5, 5.41) is 7.76. The van der Waals surface area contributed by atoms with E-state index in [1.807, 2.05) is 11.8 Å². The zero-order valence-corrected chi connectivity index (χ0v) is 13.7. The van der Waals surface area contributed by atoms with Crippen LogP contribution < -0.4 is 5.32 Å². The van der Waals surface area contributed by atoms with Gasteiger partial charge in [0.2, 0.25) is 5.91 Å². The highest BCUT2D eigenvalue weighted by molar-refractivity contribution is 8.00. The second kappa shape index (κ2) is 5.70. The summed E-state index contributed by atoms with van der Waals surface area (Å²) in [7, 11) is 0. The lowest BCUT2D eigenvalue weighted by atomic mass is 9.83. The van der Waals surface area contributed by atoms with Crippen molar-refractivity contribution in [2.75, 3.05) is 12.8 Å². The highest BCUT2D eigenvalue weighted by Gasteiger charge is 2.45. The fraction of sp³-hybridized carbons (Fsp3) is 0.667. The second-order valence-electron chi connectivity index (χ2n) is 5.79. The van der Waals surface area contributed by atoms with Crippen molar-refractivity contribution in [1.29, 1.82) is 0 Å². The molecule has 20 heavy (non-hydrogen) atoms. The first-order valence-electron chi connectivity index (χ1n) is 7.33. The van der Waals surface area contributed by atoms with E-state index >= 15 is 0 Å². The van der Waals surface area contributed by atoms with E-state index in [4.69, 9.17) is 0 Å². The van der Waals surface area contributed by atoms with Crippen molar-refractivity contribution in [2.24, 2.45) is 0 Å². The van der Waals surface area contributed by atoms with Crippen LogP contribution in [-0.4, -0.2) is 34.4 Å². The maximum Gasteiger partial charge on any atom is 0.241 e. The Labute approximate surface area is 129 Å². The maximum atomic E-state index is 12.6. The van der Waals surface area contributed by atoms with Crippen LogP contribution in [0.2, 0.25) is 0 Å². The number of rotatable bonds is 5. The standard InChI is InChI=1S/C15H22N2OS2/c1-3-12-14(18)17(10-15(19-2)6-4-7-15)13(16-12)11-5-8-20-9-11/h5,8-9,12-13,16H,3-4,6-7,10H2,1-2H3. The summed E-state index contributed by atoms with van der Waals surface area (Å²) in [6.45, 7) is 2.97. The molecule has 1 aromatic heterocycles. The van der Waals surface area contributed by atoms with Gasteiger partial charge in [-0.05, 0) is 47.9 Å². The van der Waals surface area contributed by atoms with Gasteiger partial charge in [-0.2, -0.15) is 23.1 Å². The van der Waals surface area contributed by atoms with Gasteiger partial charge < -0.3 is 4.90 Å². The molecule has 5 heteroatoms. The van der Waals surface area contributed by atoms with Crippen LogP contribution in [0.25, 0.3) is 0 Å². The number of nitrogens with one attached hydrogen (secondary N) is 1. The number of amides is 1. The zero-order chi connectivity index (χ0) is 14.2. The van der Waals surface area contributed by atoms with Crippen molar-refractivity contribution in [3.63, 3.8) is 0 Å². The van der Waals surface area contributed by atoms with Crippen molar-refractivity contribution < 1.29 is 4.79 Å². The molecule has 0 bridgehead atoms. The molecule has 0 radical (unpaired) electrons. The Morgan fingerprint density at radius 3 is 2.85 bits per heavy atom. The molecule has 1 N–H and O–H groups in total. The molecular weight excluding hydrogens is 288 g/mol. The second-order valence-corrected chi connectivity index (χ2v) is 7.85. The number of nitrogens with zero attached hydrogens (tertiary/aromatic N) is 1. The Morgan fingerprint density at radius 1 is 1.55 bits per heavy atom. The summed E-state index contributed by atoms with van der Waals surface area (Å²) in [6.07, 6.45) is 6.90. The number of carbonyl (C=O) groups is 1. The minimum atomic E-state index is -0.0149. The van der Waals surface area contributed by atoms with Gasteiger partial charge in [-0.15, -0.1) is 0 Å². The van der Waals surface area contributed by atoms with Crippen LogP contribution in [0.1, 0.15) is 44.3 Å². The van der Waals surface area contributed by atoms with Crippen molar-refractivity contribution in [3.8, 4) is 0 Å². The largest absolute Gasteiger partial charge is 0.320 e. The first kappa shape index (κ1) is 14.4. The molecule has 110 valence electrons. The first-order chi connectivity index (χ1) is 9.69. The highest BCUT2D eigenvalue weighted by atomic mass is 32.2. The fourth-order valence-electron chi connectivity index (χ4n) is 3.16. The van der Waals surface area contributed by atoms with Crippen molar-refractivity contribution in [2.45, 2.75) is 49.6 Å². The highest BCUT2D eigenvalue weighted by Crippen LogP contribution is 2.45. The first-order valence-corrected chi connectivity index (χ1v) is 9.49. The van der Waals surface area contributed by atoms with Gasteiger partial charge in [0, 0.05) is 11.3 Å². The van der Waals surface area contributed by atoms with E-state index in [1.165, 1.54) is 24.8 Å². The van der Waals surface area contributed by atoms with Crippen molar-refractivity contribution in [1.82, 2.24) is 10.2 Å². The van der Waals surface area contributed by atoms with Crippen LogP contribution >= 0.6 is 23.1 Å². The summed E-state index contributed by atoms with van der Waals surface area (Å²) in [5.74, 6) is 0.282. The number of carbonyl (C=O) groups excluding carboxylic acids is 1. The molecule has 1 saturated heterocycles. The molecule has 2 aliphatic rings. The third kappa shape index (κ3) is 2.40. The molecule has 1 aliphatic carbocycles. The Hall–Kier alpha value is -0.520. The third-order valence-electron chi connectivity index (χ3n) is 4.68.